The van der Waals surface area contributed by atoms with E-state index in [2.05, 4.69) is 35.9 Å². The highest BCUT2D eigenvalue weighted by atomic mass is 16.3. The molecule has 2 heterocycles. The fourth-order valence-electron chi connectivity index (χ4n) is 4.19. The molecule has 0 unspecified atom stereocenters. The molecule has 3 N–H and O–H groups in total. The second kappa shape index (κ2) is 5.88. The second-order valence-electron chi connectivity index (χ2n) is 7.24. The third-order valence-electron chi connectivity index (χ3n) is 5.61. The lowest BCUT2D eigenvalue weighted by Crippen LogP contribution is -2.52. The van der Waals surface area contributed by atoms with Crippen molar-refractivity contribution in [3.63, 3.8) is 0 Å². The van der Waals surface area contributed by atoms with E-state index in [1.807, 2.05) is 18.2 Å². The van der Waals surface area contributed by atoms with Crippen LogP contribution in [-0.4, -0.2) is 23.5 Å². The molecular formula is C19H23N3O3. The Balaban J connectivity index is 1.43. The van der Waals surface area contributed by atoms with Crippen LogP contribution in [0.25, 0.3) is 11.0 Å². The van der Waals surface area contributed by atoms with E-state index < -0.39 is 5.54 Å². The van der Waals surface area contributed by atoms with Gasteiger partial charge in [0.1, 0.15) is 16.9 Å². The van der Waals surface area contributed by atoms with Crippen LogP contribution < -0.4 is 16.0 Å². The van der Waals surface area contributed by atoms with Crippen molar-refractivity contribution in [3.8, 4) is 0 Å². The number of carbonyl (C=O) groups excluding carboxylic acids is 2. The Morgan fingerprint density at radius 2 is 1.96 bits per heavy atom. The summed E-state index contributed by atoms with van der Waals surface area (Å²) in [6.07, 6.45) is 3.01. The maximum atomic E-state index is 12.0. The molecule has 25 heavy (non-hydrogen) atoms. The van der Waals surface area contributed by atoms with Gasteiger partial charge >= 0.3 is 6.03 Å². The topological polar surface area (TPSA) is 83.4 Å². The molecule has 0 bridgehead atoms. The summed E-state index contributed by atoms with van der Waals surface area (Å²) in [7, 11) is 0. The van der Waals surface area contributed by atoms with Crippen LogP contribution in [0.5, 0.6) is 0 Å². The molecule has 6 heteroatoms. The minimum absolute atomic E-state index is 0.0958. The molecule has 1 spiro atoms. The minimum atomic E-state index is -0.701. The van der Waals surface area contributed by atoms with Crippen LogP contribution in [0.3, 0.4) is 0 Å². The Morgan fingerprint density at radius 3 is 2.60 bits per heavy atom. The van der Waals surface area contributed by atoms with E-state index in [1.165, 1.54) is 5.56 Å². The lowest BCUT2D eigenvalue weighted by molar-refractivity contribution is -0.125. The van der Waals surface area contributed by atoms with Gasteiger partial charge in [0.25, 0.3) is 5.91 Å². The largest absolute Gasteiger partial charge is 0.459 e. The fourth-order valence-corrected chi connectivity index (χ4v) is 4.19. The lowest BCUT2D eigenvalue weighted by atomic mass is 9.79. The van der Waals surface area contributed by atoms with Crippen LogP contribution in [0.1, 0.15) is 50.0 Å². The summed E-state index contributed by atoms with van der Waals surface area (Å²) < 4.78 is 6.04. The van der Waals surface area contributed by atoms with Gasteiger partial charge in [-0.25, -0.2) is 4.79 Å². The number of rotatable bonds is 3. The lowest BCUT2D eigenvalue weighted by Gasteiger charge is -2.36. The Labute approximate surface area is 146 Å². The van der Waals surface area contributed by atoms with Gasteiger partial charge in [-0.05, 0) is 51.2 Å². The van der Waals surface area contributed by atoms with Crippen molar-refractivity contribution in [2.75, 3.05) is 0 Å². The van der Waals surface area contributed by atoms with Crippen LogP contribution in [-0.2, 0) is 4.79 Å². The predicted molar refractivity (Wildman–Crippen MR) is 94.2 cm³/mol. The molecule has 6 nitrogen and oxygen atoms in total. The van der Waals surface area contributed by atoms with E-state index >= 15 is 0 Å². The highest BCUT2D eigenvalue weighted by Crippen LogP contribution is 2.34. The summed E-state index contributed by atoms with van der Waals surface area (Å²) in [5.74, 6) is 0.783. The number of hydrogen-bond donors (Lipinski definition) is 3. The summed E-state index contributed by atoms with van der Waals surface area (Å²) >= 11 is 0. The average Bonchev–Trinajstić information content (AvgIpc) is 3.07. The van der Waals surface area contributed by atoms with Crippen LogP contribution >= 0.6 is 0 Å². The van der Waals surface area contributed by atoms with Gasteiger partial charge in [-0.15, -0.1) is 0 Å². The number of aryl methyl sites for hydroxylation is 1. The quantitative estimate of drug-likeness (QED) is 0.750. The molecule has 3 amide bonds. The molecule has 1 aliphatic heterocycles. The molecule has 2 aliphatic rings. The molecule has 1 atom stereocenters. The molecule has 132 valence electrons. The summed E-state index contributed by atoms with van der Waals surface area (Å²) in [4.78, 5) is 23.4. The zero-order chi connectivity index (χ0) is 17.6. The maximum Gasteiger partial charge on any atom is 0.322 e. The van der Waals surface area contributed by atoms with Gasteiger partial charge in [-0.2, -0.15) is 0 Å². The van der Waals surface area contributed by atoms with Crippen LogP contribution in [0.2, 0.25) is 0 Å². The number of hydrogen-bond acceptors (Lipinski definition) is 4. The number of fused-ring (bicyclic) bond motifs is 1. The van der Waals surface area contributed by atoms with Gasteiger partial charge < -0.3 is 15.1 Å². The number of nitrogens with one attached hydrogen (secondary N) is 3. The van der Waals surface area contributed by atoms with Gasteiger partial charge in [0.15, 0.2) is 0 Å². The van der Waals surface area contributed by atoms with E-state index in [9.17, 15) is 9.59 Å². The highest BCUT2D eigenvalue weighted by Gasteiger charge is 2.48. The summed E-state index contributed by atoms with van der Waals surface area (Å²) in [6.45, 7) is 4.20. The van der Waals surface area contributed by atoms with Crippen molar-refractivity contribution in [2.45, 2.75) is 57.2 Å². The Hall–Kier alpha value is -2.34. The standard InChI is InChI=1S/C19H23N3O3/c1-11-14-5-3-4-6-15(14)25-16(11)12(2)20-13-7-9-19(10-8-13)17(23)21-18(24)22-19/h3-6,12-13,20H,7-10H2,1-2H3,(H2,21,22,23,24)/t12-,13?,19?/m1/s1. The molecule has 1 aromatic heterocycles. The van der Waals surface area contributed by atoms with Crippen molar-refractivity contribution in [1.29, 1.82) is 0 Å². The molecule has 1 aliphatic carbocycles. The van der Waals surface area contributed by atoms with Crippen molar-refractivity contribution < 1.29 is 14.0 Å². The molecule has 0 radical (unpaired) electrons. The number of benzene rings is 1. The van der Waals surface area contributed by atoms with Crippen molar-refractivity contribution in [3.05, 3.63) is 35.6 Å². The summed E-state index contributed by atoms with van der Waals surface area (Å²) in [6, 6.07) is 8.10. The minimum Gasteiger partial charge on any atom is -0.459 e. The monoisotopic (exact) mass is 341 g/mol. The second-order valence-corrected chi connectivity index (χ2v) is 7.24. The number of imide groups is 1. The number of amides is 3. The molecule has 4 rings (SSSR count). The third kappa shape index (κ3) is 2.70. The fraction of sp³-hybridized carbons (Fsp3) is 0.474. The Morgan fingerprint density at radius 1 is 1.24 bits per heavy atom. The summed E-state index contributed by atoms with van der Waals surface area (Å²) in [5, 5.41) is 9.95. The van der Waals surface area contributed by atoms with Crippen molar-refractivity contribution in [1.82, 2.24) is 16.0 Å². The van der Waals surface area contributed by atoms with E-state index in [-0.39, 0.29) is 18.0 Å². The van der Waals surface area contributed by atoms with Gasteiger partial charge in [-0.3, -0.25) is 10.1 Å². The van der Waals surface area contributed by atoms with Crippen LogP contribution in [0.4, 0.5) is 4.79 Å². The molecule has 1 aromatic carbocycles. The van der Waals surface area contributed by atoms with E-state index in [4.69, 9.17) is 4.42 Å². The first-order valence-electron chi connectivity index (χ1n) is 8.86. The van der Waals surface area contributed by atoms with Gasteiger partial charge in [0, 0.05) is 11.4 Å². The number of furan rings is 1. The normalized spacial score (nSPS) is 27.5. The van der Waals surface area contributed by atoms with E-state index in [0.29, 0.717) is 18.9 Å². The number of para-hydroxylation sites is 1. The first-order chi connectivity index (χ1) is 12.0. The Bertz CT molecular complexity index is 834. The highest BCUT2D eigenvalue weighted by molar-refractivity contribution is 6.07. The average molecular weight is 341 g/mol. The molecule has 2 aromatic rings. The molecule has 1 saturated heterocycles. The van der Waals surface area contributed by atoms with Gasteiger partial charge in [0.2, 0.25) is 0 Å². The summed E-state index contributed by atoms with van der Waals surface area (Å²) in [5.41, 5.74) is 1.38. The first-order valence-corrected chi connectivity index (χ1v) is 8.86. The zero-order valence-electron chi connectivity index (χ0n) is 14.5. The number of urea groups is 1. The Kier molecular flexibility index (Phi) is 3.80. The van der Waals surface area contributed by atoms with E-state index in [1.54, 1.807) is 0 Å². The smallest absolute Gasteiger partial charge is 0.322 e. The molecule has 1 saturated carbocycles. The molecular weight excluding hydrogens is 318 g/mol. The zero-order valence-corrected chi connectivity index (χ0v) is 14.5. The number of carbonyl (C=O) groups is 2. The SMILES string of the molecule is Cc1c([C@@H](C)NC2CCC3(CC2)NC(=O)NC3=O)oc2ccccc12. The van der Waals surface area contributed by atoms with Gasteiger partial charge in [0.05, 0.1) is 6.04 Å². The predicted octanol–water partition coefficient (Wildman–Crippen LogP) is 2.91. The van der Waals surface area contributed by atoms with Crippen LogP contribution in [0.15, 0.2) is 28.7 Å². The van der Waals surface area contributed by atoms with Crippen molar-refractivity contribution >= 4 is 22.9 Å². The van der Waals surface area contributed by atoms with Crippen molar-refractivity contribution in [2.24, 2.45) is 0 Å². The van der Waals surface area contributed by atoms with E-state index in [0.717, 1.165) is 29.6 Å². The molecule has 2 fully saturated rings. The van der Waals surface area contributed by atoms with Crippen LogP contribution in [0, 0.1) is 6.92 Å². The first kappa shape index (κ1) is 16.1. The third-order valence-corrected chi connectivity index (χ3v) is 5.61. The maximum absolute atomic E-state index is 12.0. The van der Waals surface area contributed by atoms with Gasteiger partial charge in [-0.1, -0.05) is 18.2 Å².